The third-order valence-electron chi connectivity index (χ3n) is 2.68. The van der Waals surface area contributed by atoms with Crippen LogP contribution in [-0.2, 0) is 4.79 Å². The fourth-order valence-corrected chi connectivity index (χ4v) is 1.55. The van der Waals surface area contributed by atoms with Gasteiger partial charge < -0.3 is 9.64 Å². The zero-order chi connectivity index (χ0) is 15.2. The van der Waals surface area contributed by atoms with Crippen molar-refractivity contribution in [3.05, 3.63) is 60.2 Å². The van der Waals surface area contributed by atoms with Crippen LogP contribution in [0.15, 0.2) is 48.8 Å². The molecule has 0 aliphatic rings. The molecule has 21 heavy (non-hydrogen) atoms. The second-order valence-corrected chi connectivity index (χ2v) is 4.55. The number of ether oxygens (including phenoxy) is 1. The number of pyridine rings is 1. The maximum absolute atomic E-state index is 13.9. The van der Waals surface area contributed by atoms with Crippen LogP contribution in [0.2, 0.25) is 0 Å². The van der Waals surface area contributed by atoms with Gasteiger partial charge in [0, 0.05) is 26.4 Å². The number of amides is 1. The van der Waals surface area contributed by atoms with E-state index in [4.69, 9.17) is 4.74 Å². The molecule has 108 valence electrons. The number of nitrogens with zero attached hydrogens (tertiary/aromatic N) is 2. The Bertz CT molecular complexity index is 655. The molecule has 0 saturated heterocycles. The first kappa shape index (κ1) is 14.7. The maximum atomic E-state index is 13.9. The lowest BCUT2D eigenvalue weighted by molar-refractivity contribution is -0.123. The van der Waals surface area contributed by atoms with Crippen LogP contribution in [0.1, 0.15) is 5.56 Å². The molecule has 4 nitrogen and oxygen atoms in total. The summed E-state index contributed by atoms with van der Waals surface area (Å²) in [4.78, 5) is 16.8. The van der Waals surface area contributed by atoms with Crippen LogP contribution in [-0.4, -0.2) is 29.9 Å². The Morgan fingerprint density at radius 2 is 2.14 bits per heavy atom. The average Bonchev–Trinajstić information content (AvgIpc) is 2.48. The quantitative estimate of drug-likeness (QED) is 0.811. The first-order valence-corrected chi connectivity index (χ1v) is 6.33. The Hall–Kier alpha value is -2.69. The van der Waals surface area contributed by atoms with Gasteiger partial charge in [0.25, 0.3) is 0 Å². The summed E-state index contributed by atoms with van der Waals surface area (Å²) in [6, 6.07) is 7.90. The Kier molecular flexibility index (Phi) is 4.66. The molecule has 1 heterocycles. The van der Waals surface area contributed by atoms with Gasteiger partial charge in [-0.05, 0) is 35.9 Å². The molecule has 0 aliphatic heterocycles. The van der Waals surface area contributed by atoms with E-state index in [1.54, 1.807) is 44.6 Å². The van der Waals surface area contributed by atoms with Gasteiger partial charge in [-0.3, -0.25) is 9.78 Å². The molecule has 0 atom stereocenters. The van der Waals surface area contributed by atoms with Crippen LogP contribution in [0, 0.1) is 5.82 Å². The molecule has 1 aromatic carbocycles. The van der Waals surface area contributed by atoms with E-state index in [2.05, 4.69) is 4.98 Å². The van der Waals surface area contributed by atoms with Crippen molar-refractivity contribution in [1.29, 1.82) is 0 Å². The van der Waals surface area contributed by atoms with Crippen molar-refractivity contribution < 1.29 is 13.9 Å². The lowest BCUT2D eigenvalue weighted by Crippen LogP contribution is -2.18. The molecule has 0 N–H and O–H groups in total. The second-order valence-electron chi connectivity index (χ2n) is 4.55. The summed E-state index contributed by atoms with van der Waals surface area (Å²) in [6.07, 6.45) is 6.05. The van der Waals surface area contributed by atoms with E-state index >= 15 is 0 Å². The summed E-state index contributed by atoms with van der Waals surface area (Å²) in [5.74, 6) is -0.0917. The van der Waals surface area contributed by atoms with E-state index < -0.39 is 5.82 Å². The summed E-state index contributed by atoms with van der Waals surface area (Å²) in [5.41, 5.74) is 0.584. The first-order chi connectivity index (χ1) is 10.1. The molecule has 1 amide bonds. The predicted molar refractivity (Wildman–Crippen MR) is 78.4 cm³/mol. The normalized spacial score (nSPS) is 10.6. The van der Waals surface area contributed by atoms with Gasteiger partial charge in [0.1, 0.15) is 5.75 Å². The highest BCUT2D eigenvalue weighted by molar-refractivity contribution is 5.91. The topological polar surface area (TPSA) is 42.4 Å². The van der Waals surface area contributed by atoms with E-state index in [1.807, 2.05) is 0 Å². The number of likely N-dealkylation sites (N-methyl/N-ethyl adjacent to an activating group) is 1. The second kappa shape index (κ2) is 6.65. The van der Waals surface area contributed by atoms with E-state index in [0.29, 0.717) is 11.3 Å². The minimum absolute atomic E-state index is 0.110. The number of carbonyl (C=O) groups excluding carboxylic acids is 1. The van der Waals surface area contributed by atoms with Crippen LogP contribution in [0.4, 0.5) is 4.39 Å². The van der Waals surface area contributed by atoms with Gasteiger partial charge in [0.2, 0.25) is 5.91 Å². The number of carbonyl (C=O) groups is 1. The van der Waals surface area contributed by atoms with E-state index in [-0.39, 0.29) is 11.7 Å². The summed E-state index contributed by atoms with van der Waals surface area (Å²) >= 11 is 0. The minimum Gasteiger partial charge on any atom is -0.453 e. The van der Waals surface area contributed by atoms with Gasteiger partial charge in [0.15, 0.2) is 11.6 Å². The lowest BCUT2D eigenvalue weighted by atomic mass is 10.2. The predicted octanol–water partition coefficient (Wildman–Crippen LogP) is 3.11. The van der Waals surface area contributed by atoms with E-state index in [1.165, 1.54) is 29.3 Å². The zero-order valence-electron chi connectivity index (χ0n) is 11.8. The molecule has 1 aromatic heterocycles. The standard InChI is InChI=1S/C16H15FN2O2/c1-19(2)16(20)8-6-12-5-7-15(14(17)10-12)21-13-4-3-9-18-11-13/h3-11H,1-2H3/b8-6+. The lowest BCUT2D eigenvalue weighted by Gasteiger charge is -2.07. The third kappa shape index (κ3) is 4.14. The number of rotatable bonds is 4. The molecule has 0 unspecified atom stereocenters. The van der Waals surface area contributed by atoms with E-state index in [0.717, 1.165) is 0 Å². The molecule has 0 fully saturated rings. The molecule has 2 rings (SSSR count). The number of hydrogen-bond acceptors (Lipinski definition) is 3. The van der Waals surface area contributed by atoms with Crippen molar-refractivity contribution in [3.63, 3.8) is 0 Å². The maximum Gasteiger partial charge on any atom is 0.246 e. The number of aromatic nitrogens is 1. The Balaban J connectivity index is 2.12. The number of halogens is 1. The summed E-state index contributed by atoms with van der Waals surface area (Å²) < 4.78 is 19.3. The van der Waals surface area contributed by atoms with Gasteiger partial charge >= 0.3 is 0 Å². The summed E-state index contributed by atoms with van der Waals surface area (Å²) in [6.45, 7) is 0. The molecule has 0 radical (unpaired) electrons. The number of hydrogen-bond donors (Lipinski definition) is 0. The Morgan fingerprint density at radius 1 is 1.33 bits per heavy atom. The number of benzene rings is 1. The highest BCUT2D eigenvalue weighted by Crippen LogP contribution is 2.24. The van der Waals surface area contributed by atoms with Crippen molar-refractivity contribution >= 4 is 12.0 Å². The zero-order valence-corrected chi connectivity index (χ0v) is 11.8. The monoisotopic (exact) mass is 286 g/mol. The molecule has 2 aromatic rings. The Morgan fingerprint density at radius 3 is 2.76 bits per heavy atom. The van der Waals surface area contributed by atoms with E-state index in [9.17, 15) is 9.18 Å². The molecular weight excluding hydrogens is 271 g/mol. The first-order valence-electron chi connectivity index (χ1n) is 6.33. The van der Waals surface area contributed by atoms with Gasteiger partial charge in [-0.15, -0.1) is 0 Å². The van der Waals surface area contributed by atoms with Crippen molar-refractivity contribution in [3.8, 4) is 11.5 Å². The van der Waals surface area contributed by atoms with Crippen molar-refractivity contribution in [1.82, 2.24) is 9.88 Å². The molecule has 0 saturated carbocycles. The summed E-state index contributed by atoms with van der Waals surface area (Å²) in [7, 11) is 3.30. The average molecular weight is 286 g/mol. The van der Waals surface area contributed by atoms with Gasteiger partial charge in [-0.2, -0.15) is 0 Å². The van der Waals surface area contributed by atoms with Crippen LogP contribution in [0.5, 0.6) is 11.5 Å². The fourth-order valence-electron chi connectivity index (χ4n) is 1.55. The van der Waals surface area contributed by atoms with Crippen molar-refractivity contribution in [2.45, 2.75) is 0 Å². The largest absolute Gasteiger partial charge is 0.453 e. The smallest absolute Gasteiger partial charge is 0.246 e. The van der Waals surface area contributed by atoms with Crippen LogP contribution in [0.3, 0.4) is 0 Å². The molecule has 0 spiro atoms. The molecule has 5 heteroatoms. The van der Waals surface area contributed by atoms with Crippen molar-refractivity contribution in [2.75, 3.05) is 14.1 Å². The fraction of sp³-hybridized carbons (Fsp3) is 0.125. The molecular formula is C16H15FN2O2. The highest BCUT2D eigenvalue weighted by atomic mass is 19.1. The van der Waals surface area contributed by atoms with Crippen LogP contribution < -0.4 is 4.74 Å². The van der Waals surface area contributed by atoms with Crippen molar-refractivity contribution in [2.24, 2.45) is 0 Å². The molecule has 0 bridgehead atoms. The van der Waals surface area contributed by atoms with Crippen LogP contribution >= 0.6 is 0 Å². The molecule has 0 aliphatic carbocycles. The highest BCUT2D eigenvalue weighted by Gasteiger charge is 2.05. The van der Waals surface area contributed by atoms with Gasteiger partial charge in [0.05, 0.1) is 6.20 Å². The van der Waals surface area contributed by atoms with Crippen LogP contribution in [0.25, 0.3) is 6.08 Å². The summed E-state index contributed by atoms with van der Waals surface area (Å²) in [5, 5.41) is 0. The Labute approximate surface area is 122 Å². The third-order valence-corrected chi connectivity index (χ3v) is 2.68. The minimum atomic E-state index is -0.502. The van der Waals surface area contributed by atoms with Gasteiger partial charge in [-0.1, -0.05) is 6.07 Å². The SMILES string of the molecule is CN(C)C(=O)/C=C/c1ccc(Oc2cccnc2)c(F)c1. The van der Waals surface area contributed by atoms with Gasteiger partial charge in [-0.25, -0.2) is 4.39 Å².